The van der Waals surface area contributed by atoms with Crippen LogP contribution in [0, 0.1) is 0 Å². The number of urea groups is 1. The average molecular weight is 413 g/mol. The maximum atomic E-state index is 12.3. The first kappa shape index (κ1) is 19.0. The first-order valence-corrected chi connectivity index (χ1v) is 10.3. The van der Waals surface area contributed by atoms with Crippen LogP contribution in [0.15, 0.2) is 54.9 Å². The predicted octanol–water partition coefficient (Wildman–Crippen LogP) is 4.20. The highest BCUT2D eigenvalue weighted by Gasteiger charge is 2.24. The minimum atomic E-state index is -0.0372. The van der Waals surface area contributed by atoms with Crippen LogP contribution in [0.25, 0.3) is 22.3 Å². The number of rotatable bonds is 4. The van der Waals surface area contributed by atoms with Crippen molar-refractivity contribution in [3.05, 3.63) is 66.0 Å². The zero-order valence-corrected chi connectivity index (χ0v) is 17.4. The molecule has 0 unspecified atom stereocenters. The minimum absolute atomic E-state index is 0.0372. The lowest BCUT2D eigenvalue weighted by atomic mass is 10.1. The molecule has 0 bridgehead atoms. The number of anilines is 2. The second kappa shape index (κ2) is 7.71. The van der Waals surface area contributed by atoms with Crippen LogP contribution in [0.3, 0.4) is 0 Å². The molecule has 31 heavy (non-hydrogen) atoms. The molecule has 8 heteroatoms. The van der Waals surface area contributed by atoms with E-state index in [4.69, 9.17) is 0 Å². The zero-order chi connectivity index (χ0) is 21.4. The molecule has 3 N–H and O–H groups in total. The number of aromatic nitrogens is 4. The van der Waals surface area contributed by atoms with Gasteiger partial charge in [0.25, 0.3) is 0 Å². The fraction of sp³-hybridized carbons (Fsp3) is 0.217. The summed E-state index contributed by atoms with van der Waals surface area (Å²) in [4.78, 5) is 23.3. The predicted molar refractivity (Wildman–Crippen MR) is 120 cm³/mol. The molecule has 156 valence electrons. The number of hydrogen-bond donors (Lipinski definition) is 3. The van der Waals surface area contributed by atoms with E-state index in [-0.39, 0.29) is 12.1 Å². The van der Waals surface area contributed by atoms with Crippen LogP contribution >= 0.6 is 0 Å². The van der Waals surface area contributed by atoms with Crippen LogP contribution in [-0.4, -0.2) is 37.1 Å². The Bertz CT molecular complexity index is 1260. The van der Waals surface area contributed by atoms with Gasteiger partial charge in [-0.05, 0) is 55.3 Å². The van der Waals surface area contributed by atoms with Crippen LogP contribution in [0.5, 0.6) is 0 Å². The highest BCUT2D eigenvalue weighted by molar-refractivity contribution is 5.82. The molecule has 3 heterocycles. The van der Waals surface area contributed by atoms with E-state index in [9.17, 15) is 4.79 Å². The highest BCUT2D eigenvalue weighted by atomic mass is 16.2. The molecular formula is C23H23N7O. The van der Waals surface area contributed by atoms with Crippen molar-refractivity contribution in [3.63, 3.8) is 0 Å². The minimum Gasteiger partial charge on any atom is -0.340 e. The van der Waals surface area contributed by atoms with E-state index in [0.29, 0.717) is 24.7 Å². The summed E-state index contributed by atoms with van der Waals surface area (Å²) in [5.74, 6) is 1.36. The van der Waals surface area contributed by atoms with Gasteiger partial charge in [0.2, 0.25) is 0 Å². The molecule has 1 aliphatic heterocycles. The van der Waals surface area contributed by atoms with Crippen LogP contribution < -0.4 is 10.6 Å². The molecule has 2 aromatic heterocycles. The molecular weight excluding hydrogens is 390 g/mol. The molecule has 2 aromatic carbocycles. The third kappa shape index (κ3) is 3.92. The Balaban J connectivity index is 1.35. The summed E-state index contributed by atoms with van der Waals surface area (Å²) in [6.07, 6.45) is 3.54. The molecule has 0 atom stereocenters. The van der Waals surface area contributed by atoms with Crippen molar-refractivity contribution >= 4 is 28.4 Å². The highest BCUT2D eigenvalue weighted by Crippen LogP contribution is 2.28. The van der Waals surface area contributed by atoms with Crippen molar-refractivity contribution in [1.82, 2.24) is 30.4 Å². The van der Waals surface area contributed by atoms with E-state index in [1.165, 1.54) is 0 Å². The van der Waals surface area contributed by atoms with Gasteiger partial charge in [0.05, 0.1) is 11.7 Å². The number of nitrogens with zero attached hydrogens (tertiary/aromatic N) is 4. The third-order valence-electron chi connectivity index (χ3n) is 5.25. The maximum Gasteiger partial charge on any atom is 0.318 e. The lowest BCUT2D eigenvalue weighted by molar-refractivity contribution is 0.196. The van der Waals surface area contributed by atoms with Crippen molar-refractivity contribution in [1.29, 1.82) is 0 Å². The Kier molecular flexibility index (Phi) is 4.74. The van der Waals surface area contributed by atoms with Gasteiger partial charge in [-0.15, -0.1) is 0 Å². The number of fused-ring (bicyclic) bond motifs is 2. The SMILES string of the molecule is CC(C)NC(=O)N1Cc2ccc(-c3nccc(Nc4ccc5[nH]ncc5c4)n3)cc2C1. The molecule has 0 saturated carbocycles. The number of amides is 2. The number of carbonyl (C=O) groups excluding carboxylic acids is 1. The molecule has 0 radical (unpaired) electrons. The van der Waals surface area contributed by atoms with Gasteiger partial charge in [0.1, 0.15) is 5.82 Å². The number of H-pyrrole nitrogens is 1. The first-order chi connectivity index (χ1) is 15.0. The number of hydrogen-bond acceptors (Lipinski definition) is 5. The Morgan fingerprint density at radius 2 is 1.97 bits per heavy atom. The largest absolute Gasteiger partial charge is 0.340 e. The van der Waals surface area contributed by atoms with Gasteiger partial charge >= 0.3 is 6.03 Å². The van der Waals surface area contributed by atoms with Crippen LogP contribution in [0.4, 0.5) is 16.3 Å². The van der Waals surface area contributed by atoms with Gasteiger partial charge in [-0.25, -0.2) is 14.8 Å². The van der Waals surface area contributed by atoms with Crippen LogP contribution in [0.1, 0.15) is 25.0 Å². The molecule has 0 spiro atoms. The maximum absolute atomic E-state index is 12.3. The lowest BCUT2D eigenvalue weighted by Gasteiger charge is -2.18. The quantitative estimate of drug-likeness (QED) is 0.466. The van der Waals surface area contributed by atoms with Crippen molar-refractivity contribution in [2.45, 2.75) is 33.0 Å². The molecule has 0 saturated heterocycles. The van der Waals surface area contributed by atoms with Gasteiger partial charge in [-0.2, -0.15) is 5.10 Å². The van der Waals surface area contributed by atoms with Gasteiger partial charge < -0.3 is 15.5 Å². The van der Waals surface area contributed by atoms with E-state index in [1.54, 1.807) is 12.4 Å². The summed E-state index contributed by atoms with van der Waals surface area (Å²) in [5, 5.41) is 14.3. The number of benzene rings is 2. The van der Waals surface area contributed by atoms with Gasteiger partial charge in [0, 0.05) is 42.0 Å². The lowest BCUT2D eigenvalue weighted by Crippen LogP contribution is -2.40. The van der Waals surface area contributed by atoms with Gasteiger partial charge in [-0.3, -0.25) is 5.10 Å². The molecule has 1 aliphatic rings. The van der Waals surface area contributed by atoms with Gasteiger partial charge in [0.15, 0.2) is 5.82 Å². The Morgan fingerprint density at radius 1 is 1.10 bits per heavy atom. The van der Waals surface area contributed by atoms with Crippen molar-refractivity contribution in [3.8, 4) is 11.4 Å². The summed E-state index contributed by atoms with van der Waals surface area (Å²) < 4.78 is 0. The number of nitrogens with one attached hydrogen (secondary N) is 3. The molecule has 5 rings (SSSR count). The standard InChI is InChI=1S/C23H23N7O/c1-14(2)26-23(31)30-12-16-4-3-15(9-18(16)13-30)22-24-8-7-21(28-22)27-19-5-6-20-17(10-19)11-25-29-20/h3-11,14H,12-13H2,1-2H3,(H,25,29)(H,26,31)(H,24,27,28). The van der Waals surface area contributed by atoms with Crippen LogP contribution in [0.2, 0.25) is 0 Å². The van der Waals surface area contributed by atoms with E-state index < -0.39 is 0 Å². The van der Waals surface area contributed by atoms with Crippen molar-refractivity contribution in [2.75, 3.05) is 5.32 Å². The Hall–Kier alpha value is -3.94. The fourth-order valence-electron chi connectivity index (χ4n) is 3.75. The van der Waals surface area contributed by atoms with E-state index in [2.05, 4.69) is 42.9 Å². The van der Waals surface area contributed by atoms with E-state index >= 15 is 0 Å². The summed E-state index contributed by atoms with van der Waals surface area (Å²) in [5.41, 5.74) is 5.13. The fourth-order valence-corrected chi connectivity index (χ4v) is 3.75. The second-order valence-electron chi connectivity index (χ2n) is 8.01. The normalized spacial score (nSPS) is 12.9. The van der Waals surface area contributed by atoms with Crippen LogP contribution in [-0.2, 0) is 13.1 Å². The molecule has 0 fully saturated rings. The van der Waals surface area contributed by atoms with E-state index in [1.807, 2.05) is 49.1 Å². The Morgan fingerprint density at radius 3 is 2.84 bits per heavy atom. The summed E-state index contributed by atoms with van der Waals surface area (Å²) in [6, 6.07) is 14.1. The monoisotopic (exact) mass is 413 g/mol. The van der Waals surface area contributed by atoms with E-state index in [0.717, 1.165) is 33.3 Å². The second-order valence-corrected chi connectivity index (χ2v) is 8.01. The van der Waals surface area contributed by atoms with Crippen molar-refractivity contribution < 1.29 is 4.79 Å². The topological polar surface area (TPSA) is 98.8 Å². The molecule has 0 aliphatic carbocycles. The van der Waals surface area contributed by atoms with Crippen molar-refractivity contribution in [2.24, 2.45) is 0 Å². The summed E-state index contributed by atoms with van der Waals surface area (Å²) >= 11 is 0. The first-order valence-electron chi connectivity index (χ1n) is 10.3. The summed E-state index contributed by atoms with van der Waals surface area (Å²) in [7, 11) is 0. The summed E-state index contributed by atoms with van der Waals surface area (Å²) in [6.45, 7) is 5.13. The Labute approximate surface area is 179 Å². The van der Waals surface area contributed by atoms with Gasteiger partial charge in [-0.1, -0.05) is 12.1 Å². The number of aromatic amines is 1. The molecule has 4 aromatic rings. The third-order valence-corrected chi connectivity index (χ3v) is 5.25. The zero-order valence-electron chi connectivity index (χ0n) is 17.4. The average Bonchev–Trinajstić information content (AvgIpc) is 3.39. The smallest absolute Gasteiger partial charge is 0.318 e. The number of carbonyl (C=O) groups is 1. The molecule has 8 nitrogen and oxygen atoms in total. The molecule has 2 amide bonds.